The molecule has 0 saturated heterocycles. The van der Waals surface area contributed by atoms with Crippen LogP contribution < -0.4 is 0 Å². The molecule has 0 radical (unpaired) electrons. The van der Waals surface area contributed by atoms with E-state index in [0.29, 0.717) is 5.29 Å². The lowest BCUT2D eigenvalue weighted by Crippen LogP contribution is -1.94. The van der Waals surface area contributed by atoms with Crippen molar-refractivity contribution < 1.29 is 0 Å². The summed E-state index contributed by atoms with van der Waals surface area (Å²) in [7, 11) is 0. The van der Waals surface area contributed by atoms with E-state index in [1.54, 1.807) is 6.21 Å². The zero-order valence-electron chi connectivity index (χ0n) is 3.76. The number of hydrogen-bond donors (Lipinski definition) is 0. The number of amidine groups is 1. The van der Waals surface area contributed by atoms with E-state index in [1.165, 1.54) is 0 Å². The van der Waals surface area contributed by atoms with Crippen LogP contribution in [0.5, 0.6) is 0 Å². The first-order chi connectivity index (χ1) is 3.39. The van der Waals surface area contributed by atoms with Crippen LogP contribution in [0.4, 0.5) is 0 Å². The molecule has 0 atom stereocenters. The molecule has 0 saturated carbocycles. The molecule has 0 spiro atoms. The Labute approximate surface area is 46.9 Å². The maximum atomic E-state index is 5.37. The predicted molar refractivity (Wildman–Crippen MR) is 31.3 cm³/mol. The molecule has 0 N–H and O–H groups in total. The Balaban J connectivity index is 2.58. The Bertz CT molecular complexity index is 117. The van der Waals surface area contributed by atoms with Crippen molar-refractivity contribution in [2.45, 2.75) is 6.42 Å². The molecule has 3 heteroatoms. The van der Waals surface area contributed by atoms with E-state index in [2.05, 4.69) is 9.98 Å². The SMILES string of the molecule is ClC1=NCCC=N1. The Morgan fingerprint density at radius 1 is 1.71 bits per heavy atom. The molecule has 1 aliphatic rings. The number of nitrogens with zero attached hydrogens (tertiary/aromatic N) is 2. The van der Waals surface area contributed by atoms with Crippen molar-refractivity contribution in [1.82, 2.24) is 0 Å². The maximum absolute atomic E-state index is 5.37. The van der Waals surface area contributed by atoms with Crippen LogP contribution in [0.3, 0.4) is 0 Å². The topological polar surface area (TPSA) is 24.7 Å². The fraction of sp³-hybridized carbons (Fsp3) is 0.500. The second kappa shape index (κ2) is 2.07. The Hall–Kier alpha value is -0.370. The monoisotopic (exact) mass is 116 g/mol. The molecule has 0 aliphatic carbocycles. The summed E-state index contributed by atoms with van der Waals surface area (Å²) in [6.45, 7) is 0.794. The first kappa shape index (κ1) is 4.78. The largest absolute Gasteiger partial charge is 0.256 e. The summed E-state index contributed by atoms with van der Waals surface area (Å²) in [5.74, 6) is 0. The van der Waals surface area contributed by atoms with Crippen molar-refractivity contribution in [1.29, 1.82) is 0 Å². The second-order valence-electron chi connectivity index (χ2n) is 1.25. The van der Waals surface area contributed by atoms with Gasteiger partial charge in [-0.25, -0.2) is 4.99 Å². The van der Waals surface area contributed by atoms with Gasteiger partial charge in [0.25, 0.3) is 0 Å². The van der Waals surface area contributed by atoms with Crippen LogP contribution in [0.25, 0.3) is 0 Å². The van der Waals surface area contributed by atoms with E-state index in [1.807, 2.05) is 0 Å². The summed E-state index contributed by atoms with van der Waals surface area (Å²) in [6.07, 6.45) is 2.70. The lowest BCUT2D eigenvalue weighted by atomic mass is 10.4. The van der Waals surface area contributed by atoms with Crippen molar-refractivity contribution in [2.24, 2.45) is 9.98 Å². The zero-order chi connectivity index (χ0) is 5.11. The van der Waals surface area contributed by atoms with Crippen LogP contribution in [-0.4, -0.2) is 18.1 Å². The summed E-state index contributed by atoms with van der Waals surface area (Å²) in [4.78, 5) is 7.53. The fourth-order valence-electron chi connectivity index (χ4n) is 0.395. The third kappa shape index (κ3) is 1.27. The number of rotatable bonds is 0. The summed E-state index contributed by atoms with van der Waals surface area (Å²) in [6, 6.07) is 0. The van der Waals surface area contributed by atoms with Gasteiger partial charge in [-0.1, -0.05) is 0 Å². The molecular formula is C4H5ClN2. The number of halogens is 1. The molecule has 1 heterocycles. The molecule has 2 nitrogen and oxygen atoms in total. The first-order valence-corrected chi connectivity index (χ1v) is 2.50. The maximum Gasteiger partial charge on any atom is 0.217 e. The van der Waals surface area contributed by atoms with Gasteiger partial charge in [0.05, 0.1) is 0 Å². The van der Waals surface area contributed by atoms with Crippen LogP contribution in [-0.2, 0) is 0 Å². The quantitative estimate of drug-likeness (QED) is 0.423. The second-order valence-corrected chi connectivity index (χ2v) is 1.59. The summed E-state index contributed by atoms with van der Waals surface area (Å²) < 4.78 is 0. The Morgan fingerprint density at radius 2 is 2.57 bits per heavy atom. The van der Waals surface area contributed by atoms with Crippen molar-refractivity contribution in [3.63, 3.8) is 0 Å². The standard InChI is InChI=1S/C4H5ClN2/c5-4-6-2-1-3-7-4/h2H,1,3H2. The molecular weight excluding hydrogens is 112 g/mol. The van der Waals surface area contributed by atoms with E-state index in [0.717, 1.165) is 13.0 Å². The minimum absolute atomic E-state index is 0.381. The van der Waals surface area contributed by atoms with Crippen molar-refractivity contribution in [3.05, 3.63) is 0 Å². The molecule has 38 valence electrons. The summed E-state index contributed by atoms with van der Waals surface area (Å²) in [5, 5.41) is 0.381. The van der Waals surface area contributed by atoms with E-state index >= 15 is 0 Å². The normalized spacial score (nSPS) is 19.3. The van der Waals surface area contributed by atoms with Gasteiger partial charge in [0.1, 0.15) is 0 Å². The van der Waals surface area contributed by atoms with Gasteiger partial charge in [0, 0.05) is 19.2 Å². The van der Waals surface area contributed by atoms with Crippen LogP contribution in [0.2, 0.25) is 0 Å². The smallest absolute Gasteiger partial charge is 0.217 e. The van der Waals surface area contributed by atoms with Gasteiger partial charge in [-0.05, 0) is 11.6 Å². The first-order valence-electron chi connectivity index (χ1n) is 2.12. The Morgan fingerprint density at radius 3 is 2.86 bits per heavy atom. The van der Waals surface area contributed by atoms with E-state index in [-0.39, 0.29) is 0 Å². The van der Waals surface area contributed by atoms with Gasteiger partial charge >= 0.3 is 0 Å². The Kier molecular flexibility index (Phi) is 1.42. The molecule has 0 fully saturated rings. The molecule has 7 heavy (non-hydrogen) atoms. The molecule has 0 amide bonds. The molecule has 0 aromatic heterocycles. The van der Waals surface area contributed by atoms with Crippen LogP contribution >= 0.6 is 11.6 Å². The third-order valence-electron chi connectivity index (χ3n) is 0.698. The average Bonchev–Trinajstić information content (AvgIpc) is 1.69. The molecule has 0 unspecified atom stereocenters. The predicted octanol–water partition coefficient (Wildman–Crippen LogP) is 1.06. The van der Waals surface area contributed by atoms with Gasteiger partial charge in [-0.2, -0.15) is 0 Å². The van der Waals surface area contributed by atoms with Gasteiger partial charge in [-0.15, -0.1) is 0 Å². The van der Waals surface area contributed by atoms with Gasteiger partial charge in [0.15, 0.2) is 0 Å². The van der Waals surface area contributed by atoms with E-state index in [9.17, 15) is 0 Å². The number of aliphatic imine (C=N–C) groups is 2. The van der Waals surface area contributed by atoms with E-state index < -0.39 is 0 Å². The highest BCUT2D eigenvalue weighted by Crippen LogP contribution is 1.93. The van der Waals surface area contributed by atoms with Crippen molar-refractivity contribution >= 4 is 23.1 Å². The lowest BCUT2D eigenvalue weighted by molar-refractivity contribution is 1.04. The van der Waals surface area contributed by atoms with Crippen LogP contribution in [0, 0.1) is 0 Å². The van der Waals surface area contributed by atoms with Crippen LogP contribution in [0.1, 0.15) is 6.42 Å². The van der Waals surface area contributed by atoms with Crippen LogP contribution in [0.15, 0.2) is 9.98 Å². The minimum atomic E-state index is 0.381. The summed E-state index contributed by atoms with van der Waals surface area (Å²) >= 11 is 5.37. The highest BCUT2D eigenvalue weighted by atomic mass is 35.5. The van der Waals surface area contributed by atoms with Gasteiger partial charge in [-0.3, -0.25) is 4.99 Å². The highest BCUT2D eigenvalue weighted by molar-refractivity contribution is 6.65. The summed E-state index contributed by atoms with van der Waals surface area (Å²) in [5.41, 5.74) is 0. The lowest BCUT2D eigenvalue weighted by Gasteiger charge is -1.93. The van der Waals surface area contributed by atoms with E-state index in [4.69, 9.17) is 11.6 Å². The third-order valence-corrected chi connectivity index (χ3v) is 0.915. The zero-order valence-corrected chi connectivity index (χ0v) is 4.52. The fourth-order valence-corrected chi connectivity index (χ4v) is 0.549. The highest BCUT2D eigenvalue weighted by Gasteiger charge is 1.91. The average molecular weight is 117 g/mol. The van der Waals surface area contributed by atoms with Gasteiger partial charge in [0.2, 0.25) is 5.29 Å². The molecule has 1 aliphatic heterocycles. The van der Waals surface area contributed by atoms with Crippen molar-refractivity contribution in [3.8, 4) is 0 Å². The molecule has 0 aromatic carbocycles. The molecule has 0 bridgehead atoms. The molecule has 1 rings (SSSR count). The van der Waals surface area contributed by atoms with Gasteiger partial charge < -0.3 is 0 Å². The minimum Gasteiger partial charge on any atom is -0.256 e. The molecule has 0 aromatic rings. The van der Waals surface area contributed by atoms with Crippen molar-refractivity contribution in [2.75, 3.05) is 6.54 Å². The number of hydrogen-bond acceptors (Lipinski definition) is 2.